The Morgan fingerprint density at radius 1 is 1.26 bits per heavy atom. The van der Waals surface area contributed by atoms with E-state index in [-0.39, 0.29) is 18.3 Å². The molecule has 1 N–H and O–H groups in total. The van der Waals surface area contributed by atoms with Crippen molar-refractivity contribution in [1.82, 2.24) is 19.7 Å². The predicted octanol–water partition coefficient (Wildman–Crippen LogP) is 4.23. The standard InChI is InChI=1S/C22H22F3N5O/c1-29(19-8-4-6-15-5-2-3-7-17(15)19)12-21(31)28-18-11-16(22(23,24)25)9-10-20(18)30-14-26-13-27-30/h2-3,5,7,9-11,13-14,19H,4,6,8,12H2,1H3,(H,28,31)/t19-/m0/s1. The molecule has 1 aliphatic carbocycles. The van der Waals surface area contributed by atoms with Crippen LogP contribution in [0.1, 0.15) is 35.6 Å². The lowest BCUT2D eigenvalue weighted by atomic mass is 9.87. The SMILES string of the molecule is CN(CC(=O)Nc1cc(C(F)(F)F)ccc1-n1cncn1)[C@H]1CCCc2ccccc21. The maximum atomic E-state index is 13.2. The van der Waals surface area contributed by atoms with Crippen LogP contribution in [-0.2, 0) is 17.4 Å². The highest BCUT2D eigenvalue weighted by Crippen LogP contribution is 2.34. The van der Waals surface area contributed by atoms with E-state index in [1.54, 1.807) is 0 Å². The van der Waals surface area contributed by atoms with Gasteiger partial charge >= 0.3 is 6.18 Å². The molecule has 0 radical (unpaired) electrons. The van der Waals surface area contributed by atoms with Crippen molar-refractivity contribution in [3.8, 4) is 5.69 Å². The number of nitrogens with zero attached hydrogens (tertiary/aromatic N) is 4. The van der Waals surface area contributed by atoms with Crippen molar-refractivity contribution < 1.29 is 18.0 Å². The van der Waals surface area contributed by atoms with Crippen molar-refractivity contribution >= 4 is 11.6 Å². The van der Waals surface area contributed by atoms with Crippen LogP contribution in [0.2, 0.25) is 0 Å². The Morgan fingerprint density at radius 2 is 2.06 bits per heavy atom. The number of carbonyl (C=O) groups excluding carboxylic acids is 1. The highest BCUT2D eigenvalue weighted by atomic mass is 19.4. The van der Waals surface area contributed by atoms with E-state index in [2.05, 4.69) is 27.5 Å². The summed E-state index contributed by atoms with van der Waals surface area (Å²) in [5, 5.41) is 6.60. The zero-order chi connectivity index (χ0) is 22.0. The number of nitrogens with one attached hydrogen (secondary N) is 1. The number of fused-ring (bicyclic) bond motifs is 1. The minimum absolute atomic E-state index is 0.0303. The monoisotopic (exact) mass is 429 g/mol. The first-order valence-corrected chi connectivity index (χ1v) is 9.97. The van der Waals surface area contributed by atoms with Gasteiger partial charge in [-0.1, -0.05) is 24.3 Å². The Hall–Kier alpha value is -3.20. The topological polar surface area (TPSA) is 63.1 Å². The minimum Gasteiger partial charge on any atom is -0.323 e. The number of aryl methyl sites for hydroxylation is 1. The quantitative estimate of drug-likeness (QED) is 0.659. The molecule has 1 amide bonds. The van der Waals surface area contributed by atoms with Gasteiger partial charge in [0.25, 0.3) is 0 Å². The molecule has 0 saturated heterocycles. The second kappa shape index (κ2) is 8.50. The normalized spacial score (nSPS) is 16.2. The van der Waals surface area contributed by atoms with Gasteiger partial charge in [-0.05, 0) is 55.6 Å². The number of hydrogen-bond donors (Lipinski definition) is 1. The van der Waals surface area contributed by atoms with E-state index in [4.69, 9.17) is 0 Å². The maximum absolute atomic E-state index is 13.2. The van der Waals surface area contributed by atoms with Gasteiger partial charge in [0.2, 0.25) is 5.91 Å². The lowest BCUT2D eigenvalue weighted by molar-refractivity contribution is -0.137. The Kier molecular flexibility index (Phi) is 5.77. The number of likely N-dealkylation sites (N-methyl/N-ethyl adjacent to an activating group) is 1. The smallest absolute Gasteiger partial charge is 0.323 e. The van der Waals surface area contributed by atoms with Crippen LogP contribution in [0.25, 0.3) is 5.69 Å². The molecule has 1 aromatic heterocycles. The molecule has 0 saturated carbocycles. The van der Waals surface area contributed by atoms with Crippen LogP contribution in [0.4, 0.5) is 18.9 Å². The third kappa shape index (κ3) is 4.61. The van der Waals surface area contributed by atoms with Crippen molar-refractivity contribution in [2.24, 2.45) is 0 Å². The summed E-state index contributed by atoms with van der Waals surface area (Å²) in [6.07, 6.45) is 1.08. The number of halogens is 3. The molecule has 1 heterocycles. The summed E-state index contributed by atoms with van der Waals surface area (Å²) in [6.45, 7) is 0.0477. The van der Waals surface area contributed by atoms with E-state index < -0.39 is 17.6 Å². The number of hydrogen-bond acceptors (Lipinski definition) is 4. The molecule has 1 aliphatic rings. The van der Waals surface area contributed by atoms with E-state index in [1.807, 2.05) is 24.1 Å². The van der Waals surface area contributed by atoms with Gasteiger partial charge in [-0.25, -0.2) is 9.67 Å². The molecule has 9 heteroatoms. The third-order valence-electron chi connectivity index (χ3n) is 5.53. The number of aromatic nitrogens is 3. The molecule has 4 rings (SSSR count). The van der Waals surface area contributed by atoms with E-state index in [0.717, 1.165) is 31.4 Å². The van der Waals surface area contributed by atoms with Crippen molar-refractivity contribution in [2.75, 3.05) is 18.9 Å². The molecule has 0 bridgehead atoms. The minimum atomic E-state index is -4.52. The average molecular weight is 429 g/mol. The van der Waals surface area contributed by atoms with Crippen molar-refractivity contribution in [3.05, 3.63) is 71.8 Å². The highest BCUT2D eigenvalue weighted by Gasteiger charge is 2.32. The summed E-state index contributed by atoms with van der Waals surface area (Å²) >= 11 is 0. The van der Waals surface area contributed by atoms with Crippen molar-refractivity contribution in [2.45, 2.75) is 31.5 Å². The van der Waals surface area contributed by atoms with Crippen molar-refractivity contribution in [1.29, 1.82) is 0 Å². The molecular formula is C22H22F3N5O. The molecule has 162 valence electrons. The Balaban J connectivity index is 1.54. The Morgan fingerprint density at radius 3 is 2.81 bits per heavy atom. The fraction of sp³-hybridized carbons (Fsp3) is 0.318. The zero-order valence-corrected chi connectivity index (χ0v) is 16.9. The van der Waals surface area contributed by atoms with Crippen LogP contribution in [0.3, 0.4) is 0 Å². The highest BCUT2D eigenvalue weighted by molar-refractivity contribution is 5.94. The van der Waals surface area contributed by atoms with Crippen LogP contribution in [0.5, 0.6) is 0 Å². The van der Waals surface area contributed by atoms with Gasteiger partial charge in [-0.15, -0.1) is 0 Å². The first-order chi connectivity index (χ1) is 14.8. The van der Waals surface area contributed by atoms with E-state index in [9.17, 15) is 18.0 Å². The number of alkyl halides is 3. The molecule has 0 fully saturated rings. The van der Waals surface area contributed by atoms with Gasteiger partial charge in [0.05, 0.1) is 23.5 Å². The molecular weight excluding hydrogens is 407 g/mol. The molecule has 31 heavy (non-hydrogen) atoms. The maximum Gasteiger partial charge on any atom is 0.416 e. The summed E-state index contributed by atoms with van der Waals surface area (Å²) in [5.41, 5.74) is 1.97. The lowest BCUT2D eigenvalue weighted by Crippen LogP contribution is -2.35. The second-order valence-electron chi connectivity index (χ2n) is 7.64. The fourth-order valence-electron chi connectivity index (χ4n) is 4.06. The summed E-state index contributed by atoms with van der Waals surface area (Å²) in [6, 6.07) is 11.4. The summed E-state index contributed by atoms with van der Waals surface area (Å²) in [4.78, 5) is 18.6. The largest absolute Gasteiger partial charge is 0.416 e. The van der Waals surface area contributed by atoms with Gasteiger partial charge in [-0.3, -0.25) is 9.69 Å². The second-order valence-corrected chi connectivity index (χ2v) is 7.64. The number of rotatable bonds is 5. The molecule has 6 nitrogen and oxygen atoms in total. The Bertz CT molecular complexity index is 1070. The summed E-state index contributed by atoms with van der Waals surface area (Å²) < 4.78 is 41.0. The van der Waals surface area contributed by atoms with E-state index in [0.29, 0.717) is 5.69 Å². The summed E-state index contributed by atoms with van der Waals surface area (Å²) in [7, 11) is 1.86. The van der Waals surface area contributed by atoms with Crippen LogP contribution >= 0.6 is 0 Å². The van der Waals surface area contributed by atoms with Crippen LogP contribution < -0.4 is 5.32 Å². The Labute approximate surface area is 177 Å². The van der Waals surface area contributed by atoms with Crippen LogP contribution in [-0.4, -0.2) is 39.2 Å². The fourth-order valence-corrected chi connectivity index (χ4v) is 4.06. The van der Waals surface area contributed by atoms with Gasteiger partial charge in [0, 0.05) is 6.04 Å². The van der Waals surface area contributed by atoms with E-state index in [1.165, 1.54) is 34.5 Å². The number of carbonyl (C=O) groups is 1. The molecule has 3 aromatic rings. The number of anilines is 1. The summed E-state index contributed by atoms with van der Waals surface area (Å²) in [5.74, 6) is -0.397. The van der Waals surface area contributed by atoms with Gasteiger partial charge < -0.3 is 5.32 Å². The first-order valence-electron chi connectivity index (χ1n) is 9.97. The lowest BCUT2D eigenvalue weighted by Gasteiger charge is -2.33. The molecule has 0 unspecified atom stereocenters. The van der Waals surface area contributed by atoms with Gasteiger partial charge in [0.1, 0.15) is 12.7 Å². The molecule has 0 spiro atoms. The number of amides is 1. The van der Waals surface area contributed by atoms with Crippen LogP contribution in [0, 0.1) is 0 Å². The number of benzene rings is 2. The van der Waals surface area contributed by atoms with Crippen molar-refractivity contribution in [3.63, 3.8) is 0 Å². The van der Waals surface area contributed by atoms with Gasteiger partial charge in [-0.2, -0.15) is 18.3 Å². The van der Waals surface area contributed by atoms with E-state index >= 15 is 0 Å². The molecule has 0 aliphatic heterocycles. The van der Waals surface area contributed by atoms with Gasteiger partial charge in [0.15, 0.2) is 0 Å². The molecule has 2 aromatic carbocycles. The predicted molar refractivity (Wildman–Crippen MR) is 110 cm³/mol. The zero-order valence-electron chi connectivity index (χ0n) is 16.9. The van der Waals surface area contributed by atoms with Crippen LogP contribution in [0.15, 0.2) is 55.1 Å². The first kappa shape index (κ1) is 21.0. The molecule has 1 atom stereocenters. The third-order valence-corrected chi connectivity index (χ3v) is 5.53. The average Bonchev–Trinajstić information content (AvgIpc) is 3.27.